The molecule has 0 radical (unpaired) electrons. The van der Waals surface area contributed by atoms with Gasteiger partial charge < -0.3 is 10.1 Å². The molecule has 1 aromatic rings. The lowest BCUT2D eigenvalue weighted by Crippen LogP contribution is -2.16. The molecule has 1 aromatic heterocycles. The van der Waals surface area contributed by atoms with Gasteiger partial charge in [0.05, 0.1) is 7.11 Å². The number of ether oxygens (including phenoxy) is 1. The zero-order valence-corrected chi connectivity index (χ0v) is 10.6. The van der Waals surface area contributed by atoms with Crippen molar-refractivity contribution in [3.8, 4) is 5.88 Å². The number of methoxy groups -OCH3 is 1. The Balaban J connectivity index is 2.61. The number of unbranched alkanes of at least 4 members (excludes halogenated alkanes) is 1. The van der Waals surface area contributed by atoms with E-state index in [1.54, 1.807) is 7.11 Å². The Bertz CT molecular complexity index is 328. The topological polar surface area (TPSA) is 47.0 Å². The van der Waals surface area contributed by atoms with Gasteiger partial charge in [0, 0.05) is 12.1 Å². The lowest BCUT2D eigenvalue weighted by Gasteiger charge is -2.14. The number of nitrogens with one attached hydrogen (secondary N) is 1. The van der Waals surface area contributed by atoms with Crippen LogP contribution < -0.4 is 10.1 Å². The Morgan fingerprint density at radius 1 is 1.44 bits per heavy atom. The maximum atomic E-state index is 5.11. The zero-order valence-electron chi connectivity index (χ0n) is 10.6. The molecule has 16 heavy (non-hydrogen) atoms. The summed E-state index contributed by atoms with van der Waals surface area (Å²) in [5, 5.41) is 3.36. The van der Waals surface area contributed by atoms with Gasteiger partial charge in [-0.25, -0.2) is 4.98 Å². The highest BCUT2D eigenvalue weighted by atomic mass is 16.5. The van der Waals surface area contributed by atoms with Gasteiger partial charge in [0.15, 0.2) is 0 Å². The van der Waals surface area contributed by atoms with E-state index < -0.39 is 0 Å². The summed E-state index contributed by atoms with van der Waals surface area (Å²) < 4.78 is 5.11. The molecule has 1 unspecified atom stereocenters. The molecule has 1 N–H and O–H groups in total. The number of aryl methyl sites for hydroxylation is 1. The van der Waals surface area contributed by atoms with Gasteiger partial charge in [-0.05, 0) is 20.3 Å². The standard InChI is InChI=1S/C12H21N3O/c1-5-6-7-9(2)13-11-8-12(16-4)15-10(3)14-11/h8-9H,5-7H2,1-4H3,(H,13,14,15). The summed E-state index contributed by atoms with van der Waals surface area (Å²) in [6, 6.07) is 2.26. The van der Waals surface area contributed by atoms with Crippen molar-refractivity contribution in [1.82, 2.24) is 9.97 Å². The van der Waals surface area contributed by atoms with Crippen molar-refractivity contribution in [2.45, 2.75) is 46.1 Å². The summed E-state index contributed by atoms with van der Waals surface area (Å²) in [6.07, 6.45) is 3.61. The minimum atomic E-state index is 0.430. The second-order valence-corrected chi connectivity index (χ2v) is 4.03. The lowest BCUT2D eigenvalue weighted by molar-refractivity contribution is 0.396. The van der Waals surface area contributed by atoms with E-state index >= 15 is 0 Å². The maximum Gasteiger partial charge on any atom is 0.218 e. The molecular weight excluding hydrogens is 202 g/mol. The molecule has 0 aliphatic heterocycles. The van der Waals surface area contributed by atoms with E-state index in [4.69, 9.17) is 4.74 Å². The monoisotopic (exact) mass is 223 g/mol. The molecular formula is C12H21N3O. The summed E-state index contributed by atoms with van der Waals surface area (Å²) in [6.45, 7) is 6.23. The third-order valence-electron chi connectivity index (χ3n) is 2.41. The van der Waals surface area contributed by atoms with Crippen LogP contribution in [0.4, 0.5) is 5.82 Å². The van der Waals surface area contributed by atoms with E-state index in [0.717, 1.165) is 18.1 Å². The molecule has 4 heteroatoms. The van der Waals surface area contributed by atoms with Crippen molar-refractivity contribution in [2.75, 3.05) is 12.4 Å². The minimum absolute atomic E-state index is 0.430. The fourth-order valence-electron chi connectivity index (χ4n) is 1.55. The molecule has 0 bridgehead atoms. The number of hydrogen-bond acceptors (Lipinski definition) is 4. The Hall–Kier alpha value is -1.32. The van der Waals surface area contributed by atoms with Crippen LogP contribution in [0.25, 0.3) is 0 Å². The van der Waals surface area contributed by atoms with Crippen LogP contribution in [0, 0.1) is 6.92 Å². The van der Waals surface area contributed by atoms with Crippen molar-refractivity contribution in [3.05, 3.63) is 11.9 Å². The number of rotatable bonds is 6. The Labute approximate surface area is 97.5 Å². The highest BCUT2D eigenvalue weighted by molar-refractivity contribution is 5.39. The molecule has 4 nitrogen and oxygen atoms in total. The van der Waals surface area contributed by atoms with Gasteiger partial charge in [-0.3, -0.25) is 0 Å². The second kappa shape index (κ2) is 6.30. The average Bonchev–Trinajstić information content (AvgIpc) is 2.25. The predicted molar refractivity (Wildman–Crippen MR) is 65.9 cm³/mol. The summed E-state index contributed by atoms with van der Waals surface area (Å²) in [5.74, 6) is 2.18. The summed E-state index contributed by atoms with van der Waals surface area (Å²) in [4.78, 5) is 8.48. The third kappa shape index (κ3) is 4.04. The van der Waals surface area contributed by atoms with Crippen molar-refractivity contribution in [3.63, 3.8) is 0 Å². The first-order chi connectivity index (χ1) is 7.65. The van der Waals surface area contributed by atoms with Crippen LogP contribution in [-0.4, -0.2) is 23.1 Å². The van der Waals surface area contributed by atoms with Gasteiger partial charge >= 0.3 is 0 Å². The molecule has 0 saturated carbocycles. The molecule has 1 rings (SSSR count). The van der Waals surface area contributed by atoms with E-state index in [1.165, 1.54) is 12.8 Å². The molecule has 0 aliphatic rings. The molecule has 0 fully saturated rings. The summed E-state index contributed by atoms with van der Waals surface area (Å²) in [5.41, 5.74) is 0. The van der Waals surface area contributed by atoms with Crippen LogP contribution in [0.15, 0.2) is 6.07 Å². The Morgan fingerprint density at radius 3 is 2.81 bits per heavy atom. The highest BCUT2D eigenvalue weighted by Crippen LogP contribution is 2.14. The third-order valence-corrected chi connectivity index (χ3v) is 2.41. The Kier molecular flexibility index (Phi) is 5.02. The van der Waals surface area contributed by atoms with Crippen LogP contribution in [0.2, 0.25) is 0 Å². The molecule has 0 aromatic carbocycles. The fraction of sp³-hybridized carbons (Fsp3) is 0.667. The highest BCUT2D eigenvalue weighted by Gasteiger charge is 2.05. The molecule has 90 valence electrons. The van der Waals surface area contributed by atoms with Crippen LogP contribution >= 0.6 is 0 Å². The predicted octanol–water partition coefficient (Wildman–Crippen LogP) is 2.78. The van der Waals surface area contributed by atoms with E-state index in [1.807, 2.05) is 13.0 Å². The SMILES string of the molecule is CCCCC(C)Nc1cc(OC)nc(C)n1. The molecule has 1 atom stereocenters. The van der Waals surface area contributed by atoms with Gasteiger partial charge in [0.1, 0.15) is 11.6 Å². The van der Waals surface area contributed by atoms with Gasteiger partial charge in [-0.2, -0.15) is 4.98 Å². The smallest absolute Gasteiger partial charge is 0.218 e. The molecule has 0 amide bonds. The normalized spacial score (nSPS) is 12.2. The van der Waals surface area contributed by atoms with Gasteiger partial charge in [0.25, 0.3) is 0 Å². The lowest BCUT2D eigenvalue weighted by atomic mass is 10.1. The summed E-state index contributed by atoms with van der Waals surface area (Å²) >= 11 is 0. The first-order valence-corrected chi connectivity index (χ1v) is 5.82. The van der Waals surface area contributed by atoms with E-state index in [9.17, 15) is 0 Å². The van der Waals surface area contributed by atoms with Crippen LogP contribution in [0.1, 0.15) is 38.9 Å². The van der Waals surface area contributed by atoms with Crippen molar-refractivity contribution in [1.29, 1.82) is 0 Å². The van der Waals surface area contributed by atoms with Crippen LogP contribution in [0.5, 0.6) is 5.88 Å². The number of nitrogens with zero attached hydrogens (tertiary/aromatic N) is 2. The molecule has 0 saturated heterocycles. The number of anilines is 1. The van der Waals surface area contributed by atoms with Crippen molar-refractivity contribution in [2.24, 2.45) is 0 Å². The quantitative estimate of drug-likeness (QED) is 0.805. The Morgan fingerprint density at radius 2 is 2.19 bits per heavy atom. The van der Waals surface area contributed by atoms with Crippen molar-refractivity contribution >= 4 is 5.82 Å². The maximum absolute atomic E-state index is 5.11. The first-order valence-electron chi connectivity index (χ1n) is 5.82. The van der Waals surface area contributed by atoms with Crippen LogP contribution in [0.3, 0.4) is 0 Å². The first kappa shape index (κ1) is 12.7. The summed E-state index contributed by atoms with van der Waals surface area (Å²) in [7, 11) is 1.62. The molecule has 0 spiro atoms. The second-order valence-electron chi connectivity index (χ2n) is 4.03. The zero-order chi connectivity index (χ0) is 12.0. The average molecular weight is 223 g/mol. The molecule has 0 aliphatic carbocycles. The van der Waals surface area contributed by atoms with E-state index in [2.05, 4.69) is 29.1 Å². The van der Waals surface area contributed by atoms with E-state index in [-0.39, 0.29) is 0 Å². The van der Waals surface area contributed by atoms with Gasteiger partial charge in [-0.15, -0.1) is 0 Å². The minimum Gasteiger partial charge on any atom is -0.481 e. The molecule has 1 heterocycles. The largest absolute Gasteiger partial charge is 0.481 e. The number of hydrogen-bond donors (Lipinski definition) is 1. The van der Waals surface area contributed by atoms with E-state index in [0.29, 0.717) is 11.9 Å². The fourth-order valence-corrected chi connectivity index (χ4v) is 1.55. The van der Waals surface area contributed by atoms with Gasteiger partial charge in [0.2, 0.25) is 5.88 Å². The number of aromatic nitrogens is 2. The van der Waals surface area contributed by atoms with Crippen molar-refractivity contribution < 1.29 is 4.74 Å². The van der Waals surface area contributed by atoms with Crippen LogP contribution in [-0.2, 0) is 0 Å². The van der Waals surface area contributed by atoms with Gasteiger partial charge in [-0.1, -0.05) is 19.8 Å².